The molecule has 3 rings (SSSR count). The molecule has 6 heteroatoms. The Bertz CT molecular complexity index is 745. The number of benzene rings is 2. The van der Waals surface area contributed by atoms with Crippen LogP contribution in [0.1, 0.15) is 17.3 Å². The van der Waals surface area contributed by atoms with Gasteiger partial charge in [0.15, 0.2) is 0 Å². The van der Waals surface area contributed by atoms with Crippen LogP contribution in [-0.4, -0.2) is 38.8 Å². The van der Waals surface area contributed by atoms with E-state index in [1.807, 2.05) is 37.3 Å². The highest BCUT2D eigenvalue weighted by Gasteiger charge is 2.15. The van der Waals surface area contributed by atoms with Gasteiger partial charge in [-0.3, -0.25) is 4.79 Å². The molecule has 132 valence electrons. The minimum atomic E-state index is -0.160. The zero-order valence-electron chi connectivity index (χ0n) is 14.1. The normalized spacial score (nSPS) is 14.2. The summed E-state index contributed by atoms with van der Waals surface area (Å²) in [6.45, 7) is 5.70. The lowest BCUT2D eigenvalue weighted by Crippen LogP contribution is -2.36. The number of nitrogens with zero attached hydrogens (tertiary/aromatic N) is 1. The summed E-state index contributed by atoms with van der Waals surface area (Å²) in [5.74, 6) is 0.534. The third kappa shape index (κ3) is 4.52. The van der Waals surface area contributed by atoms with Crippen LogP contribution in [0.15, 0.2) is 46.9 Å². The van der Waals surface area contributed by atoms with Gasteiger partial charge in [0, 0.05) is 28.8 Å². The third-order valence-electron chi connectivity index (χ3n) is 3.96. The van der Waals surface area contributed by atoms with Gasteiger partial charge in [-0.1, -0.05) is 6.07 Å². The van der Waals surface area contributed by atoms with Crippen LogP contribution in [-0.2, 0) is 4.74 Å². The Morgan fingerprint density at radius 1 is 1.24 bits per heavy atom. The summed E-state index contributed by atoms with van der Waals surface area (Å²) in [6.07, 6.45) is 0. The maximum Gasteiger partial charge on any atom is 0.255 e. The molecule has 2 aromatic carbocycles. The highest BCUT2D eigenvalue weighted by molar-refractivity contribution is 9.10. The molecule has 0 bridgehead atoms. The molecule has 2 aromatic rings. The van der Waals surface area contributed by atoms with Crippen LogP contribution in [0, 0.1) is 0 Å². The minimum absolute atomic E-state index is 0.160. The lowest BCUT2D eigenvalue weighted by atomic mass is 10.2. The maximum absolute atomic E-state index is 12.5. The van der Waals surface area contributed by atoms with Crippen LogP contribution in [0.5, 0.6) is 5.75 Å². The number of hydrogen-bond donors (Lipinski definition) is 1. The van der Waals surface area contributed by atoms with E-state index in [4.69, 9.17) is 9.47 Å². The molecule has 1 saturated heterocycles. The molecule has 0 spiro atoms. The van der Waals surface area contributed by atoms with Crippen molar-refractivity contribution < 1.29 is 14.3 Å². The Morgan fingerprint density at radius 3 is 2.76 bits per heavy atom. The van der Waals surface area contributed by atoms with Crippen molar-refractivity contribution in [2.75, 3.05) is 43.1 Å². The predicted molar refractivity (Wildman–Crippen MR) is 103 cm³/mol. The van der Waals surface area contributed by atoms with E-state index in [-0.39, 0.29) is 5.91 Å². The molecule has 1 fully saturated rings. The number of halogens is 1. The van der Waals surface area contributed by atoms with Crippen LogP contribution >= 0.6 is 15.9 Å². The Kier molecular flexibility index (Phi) is 5.94. The highest BCUT2D eigenvalue weighted by Crippen LogP contribution is 2.30. The summed E-state index contributed by atoms with van der Waals surface area (Å²) in [6, 6.07) is 13.0. The second-order valence-corrected chi connectivity index (χ2v) is 6.53. The van der Waals surface area contributed by atoms with Crippen molar-refractivity contribution in [3.63, 3.8) is 0 Å². The number of carbonyl (C=O) groups is 1. The molecule has 25 heavy (non-hydrogen) atoms. The van der Waals surface area contributed by atoms with Gasteiger partial charge in [0.1, 0.15) is 5.75 Å². The van der Waals surface area contributed by atoms with Crippen molar-refractivity contribution in [2.45, 2.75) is 6.92 Å². The molecule has 0 radical (unpaired) electrons. The van der Waals surface area contributed by atoms with Gasteiger partial charge < -0.3 is 19.7 Å². The van der Waals surface area contributed by atoms with Crippen molar-refractivity contribution in [1.82, 2.24) is 0 Å². The van der Waals surface area contributed by atoms with Crippen molar-refractivity contribution >= 4 is 33.2 Å². The lowest BCUT2D eigenvalue weighted by molar-refractivity contribution is 0.102. The molecule has 1 heterocycles. The van der Waals surface area contributed by atoms with E-state index in [9.17, 15) is 4.79 Å². The van der Waals surface area contributed by atoms with E-state index in [0.717, 1.165) is 42.2 Å². The standard InChI is InChI=1S/C19H21BrN2O3/c1-2-25-16-5-3-4-14(12-16)19(23)21-15-6-7-18(17(20)13-15)22-8-10-24-11-9-22/h3-7,12-13H,2,8-11H2,1H3,(H,21,23). The SMILES string of the molecule is CCOc1cccc(C(=O)Nc2ccc(N3CCOCC3)c(Br)c2)c1. The number of nitrogens with one attached hydrogen (secondary N) is 1. The predicted octanol–water partition coefficient (Wildman–Crippen LogP) is 3.94. The second-order valence-electron chi connectivity index (χ2n) is 5.68. The molecular formula is C19H21BrN2O3. The fraction of sp³-hybridized carbons (Fsp3) is 0.316. The molecular weight excluding hydrogens is 384 g/mol. The summed E-state index contributed by atoms with van der Waals surface area (Å²) in [4.78, 5) is 14.7. The highest BCUT2D eigenvalue weighted by atomic mass is 79.9. The topological polar surface area (TPSA) is 50.8 Å². The molecule has 1 amide bonds. The maximum atomic E-state index is 12.5. The van der Waals surface area contributed by atoms with E-state index in [1.54, 1.807) is 12.1 Å². The molecule has 1 aliphatic rings. The van der Waals surface area contributed by atoms with Crippen LogP contribution in [0.4, 0.5) is 11.4 Å². The average molecular weight is 405 g/mol. The Hall–Kier alpha value is -2.05. The van der Waals surface area contributed by atoms with Crippen LogP contribution in [0.25, 0.3) is 0 Å². The Morgan fingerprint density at radius 2 is 2.04 bits per heavy atom. The number of hydrogen-bond acceptors (Lipinski definition) is 4. The number of rotatable bonds is 5. The molecule has 0 unspecified atom stereocenters. The van der Waals surface area contributed by atoms with Crippen LogP contribution in [0.3, 0.4) is 0 Å². The van der Waals surface area contributed by atoms with Crippen LogP contribution < -0.4 is 15.0 Å². The fourth-order valence-corrected chi connectivity index (χ4v) is 3.37. The summed E-state index contributed by atoms with van der Waals surface area (Å²) in [7, 11) is 0. The quantitative estimate of drug-likeness (QED) is 0.819. The molecule has 5 nitrogen and oxygen atoms in total. The van der Waals surface area contributed by atoms with E-state index < -0.39 is 0 Å². The van der Waals surface area contributed by atoms with Gasteiger partial charge in [-0.2, -0.15) is 0 Å². The van der Waals surface area contributed by atoms with Gasteiger partial charge >= 0.3 is 0 Å². The van der Waals surface area contributed by atoms with Gasteiger partial charge in [-0.25, -0.2) is 0 Å². The van der Waals surface area contributed by atoms with Crippen molar-refractivity contribution in [2.24, 2.45) is 0 Å². The Labute approximate surface area is 156 Å². The molecule has 1 N–H and O–H groups in total. The summed E-state index contributed by atoms with van der Waals surface area (Å²) in [5.41, 5.74) is 2.43. The first-order valence-corrected chi connectivity index (χ1v) is 9.13. The molecule has 0 atom stereocenters. The van der Waals surface area contributed by atoms with Crippen molar-refractivity contribution in [1.29, 1.82) is 0 Å². The van der Waals surface area contributed by atoms with E-state index >= 15 is 0 Å². The first-order chi connectivity index (χ1) is 12.2. The summed E-state index contributed by atoms with van der Waals surface area (Å²) < 4.78 is 11.8. The number of ether oxygens (including phenoxy) is 2. The number of carbonyl (C=O) groups excluding carboxylic acids is 1. The van der Waals surface area contributed by atoms with Crippen molar-refractivity contribution in [3.8, 4) is 5.75 Å². The van der Waals surface area contributed by atoms with Gasteiger partial charge in [0.2, 0.25) is 0 Å². The Balaban J connectivity index is 1.71. The average Bonchev–Trinajstić information content (AvgIpc) is 2.63. The van der Waals surface area contributed by atoms with E-state index in [1.165, 1.54) is 0 Å². The lowest BCUT2D eigenvalue weighted by Gasteiger charge is -2.29. The minimum Gasteiger partial charge on any atom is -0.494 e. The van der Waals surface area contributed by atoms with E-state index in [2.05, 4.69) is 26.1 Å². The van der Waals surface area contributed by atoms with Gasteiger partial charge in [-0.15, -0.1) is 0 Å². The molecule has 1 aliphatic heterocycles. The summed E-state index contributed by atoms with van der Waals surface area (Å²) >= 11 is 3.61. The van der Waals surface area contributed by atoms with Crippen LogP contribution in [0.2, 0.25) is 0 Å². The fourth-order valence-electron chi connectivity index (χ4n) is 2.74. The molecule has 0 aliphatic carbocycles. The number of morpholine rings is 1. The largest absolute Gasteiger partial charge is 0.494 e. The second kappa shape index (κ2) is 8.36. The molecule has 0 saturated carbocycles. The number of anilines is 2. The van der Waals surface area contributed by atoms with Gasteiger partial charge in [0.05, 0.1) is 25.5 Å². The zero-order valence-corrected chi connectivity index (χ0v) is 15.7. The van der Waals surface area contributed by atoms with Crippen molar-refractivity contribution in [3.05, 3.63) is 52.5 Å². The first-order valence-electron chi connectivity index (χ1n) is 8.34. The number of amides is 1. The monoisotopic (exact) mass is 404 g/mol. The van der Waals surface area contributed by atoms with Gasteiger partial charge in [0.25, 0.3) is 5.91 Å². The zero-order chi connectivity index (χ0) is 17.6. The smallest absolute Gasteiger partial charge is 0.255 e. The van der Waals surface area contributed by atoms with E-state index in [0.29, 0.717) is 17.9 Å². The summed E-state index contributed by atoms with van der Waals surface area (Å²) in [5, 5.41) is 2.93. The molecule has 0 aromatic heterocycles. The third-order valence-corrected chi connectivity index (χ3v) is 4.60. The first kappa shape index (κ1) is 17.8. The van der Waals surface area contributed by atoms with Gasteiger partial charge in [-0.05, 0) is 59.3 Å².